The van der Waals surface area contributed by atoms with Gasteiger partial charge in [-0.3, -0.25) is 4.79 Å². The van der Waals surface area contributed by atoms with E-state index in [-0.39, 0.29) is 35.9 Å². The molecule has 30 heavy (non-hydrogen) atoms. The first-order chi connectivity index (χ1) is 14.2. The number of nitrogens with zero attached hydrogens (tertiary/aromatic N) is 2. The molecule has 1 aromatic carbocycles. The molecule has 2 N–H and O–H groups in total. The van der Waals surface area contributed by atoms with E-state index in [1.807, 2.05) is 17.9 Å². The maximum absolute atomic E-state index is 11.9. The van der Waals surface area contributed by atoms with Crippen LogP contribution in [0.25, 0.3) is 0 Å². The predicted octanol–water partition coefficient (Wildman–Crippen LogP) is 4.08. The van der Waals surface area contributed by atoms with Crippen molar-refractivity contribution in [3.63, 3.8) is 0 Å². The van der Waals surface area contributed by atoms with E-state index in [4.69, 9.17) is 9.73 Å². The Bertz CT molecular complexity index is 692. The minimum absolute atomic E-state index is 0. The van der Waals surface area contributed by atoms with Gasteiger partial charge in [-0.2, -0.15) is 0 Å². The normalized spacial score (nSPS) is 19.9. The SMILES string of the molecule is CCNC(=NCc1cccc(OC2CCCCC2)c1)NC1CCN(C(=O)CC)C1.I. The molecule has 1 aliphatic carbocycles. The molecule has 6 nitrogen and oxygen atoms in total. The van der Waals surface area contributed by atoms with E-state index in [2.05, 4.69) is 35.8 Å². The van der Waals surface area contributed by atoms with Crippen LogP contribution in [0.15, 0.2) is 29.3 Å². The van der Waals surface area contributed by atoms with Crippen LogP contribution in [0.1, 0.15) is 64.4 Å². The largest absolute Gasteiger partial charge is 0.490 e. The van der Waals surface area contributed by atoms with Gasteiger partial charge in [0.15, 0.2) is 5.96 Å². The van der Waals surface area contributed by atoms with Crippen molar-refractivity contribution in [3.05, 3.63) is 29.8 Å². The van der Waals surface area contributed by atoms with Crippen LogP contribution in [0.5, 0.6) is 5.75 Å². The molecule has 0 aromatic heterocycles. The molecule has 0 spiro atoms. The number of hydrogen-bond donors (Lipinski definition) is 2. The third-order valence-electron chi connectivity index (χ3n) is 5.70. The Kier molecular flexibility index (Phi) is 10.7. The lowest BCUT2D eigenvalue weighted by Gasteiger charge is -2.23. The first-order valence-electron chi connectivity index (χ1n) is 11.3. The summed E-state index contributed by atoms with van der Waals surface area (Å²) in [5, 5.41) is 6.81. The van der Waals surface area contributed by atoms with Crippen molar-refractivity contribution >= 4 is 35.8 Å². The quantitative estimate of drug-likeness (QED) is 0.318. The van der Waals surface area contributed by atoms with Gasteiger partial charge in [0.1, 0.15) is 5.75 Å². The van der Waals surface area contributed by atoms with E-state index < -0.39 is 0 Å². The molecular weight excluding hydrogens is 491 g/mol. The minimum atomic E-state index is 0. The second-order valence-electron chi connectivity index (χ2n) is 8.04. The molecule has 1 unspecified atom stereocenters. The highest BCUT2D eigenvalue weighted by molar-refractivity contribution is 14.0. The van der Waals surface area contributed by atoms with Crippen molar-refractivity contribution in [1.29, 1.82) is 0 Å². The molecule has 1 atom stereocenters. The highest BCUT2D eigenvalue weighted by Gasteiger charge is 2.25. The van der Waals surface area contributed by atoms with Crippen molar-refractivity contribution in [3.8, 4) is 5.75 Å². The van der Waals surface area contributed by atoms with Crippen LogP contribution in [0.4, 0.5) is 0 Å². The zero-order chi connectivity index (χ0) is 20.5. The predicted molar refractivity (Wildman–Crippen MR) is 133 cm³/mol. The summed E-state index contributed by atoms with van der Waals surface area (Å²) in [5.74, 6) is 1.99. The summed E-state index contributed by atoms with van der Waals surface area (Å²) in [5.41, 5.74) is 1.14. The standard InChI is InChI=1S/C23H36N4O2.HI/c1-3-22(28)27-14-13-19(17-27)26-23(24-4-2)25-16-18-9-8-12-21(15-18)29-20-10-6-5-7-11-20;/h8-9,12,15,19-20H,3-7,10-11,13-14,16-17H2,1-2H3,(H2,24,25,26);1H. The van der Waals surface area contributed by atoms with Gasteiger partial charge in [0.05, 0.1) is 12.6 Å². The zero-order valence-electron chi connectivity index (χ0n) is 18.4. The smallest absolute Gasteiger partial charge is 0.222 e. The van der Waals surface area contributed by atoms with Gasteiger partial charge in [-0.1, -0.05) is 25.5 Å². The van der Waals surface area contributed by atoms with Gasteiger partial charge in [-0.05, 0) is 56.7 Å². The first kappa shape index (κ1) is 24.8. The number of ether oxygens (including phenoxy) is 1. The van der Waals surface area contributed by atoms with Crippen LogP contribution in [0.3, 0.4) is 0 Å². The summed E-state index contributed by atoms with van der Waals surface area (Å²) in [7, 11) is 0. The average molecular weight is 528 g/mol. The Balaban J connectivity index is 0.00000320. The van der Waals surface area contributed by atoms with Crippen LogP contribution < -0.4 is 15.4 Å². The maximum atomic E-state index is 11.9. The van der Waals surface area contributed by atoms with Crippen molar-refractivity contribution in [2.45, 2.75) is 77.5 Å². The number of halogens is 1. The summed E-state index contributed by atoms with van der Waals surface area (Å²) in [6.45, 7) is 6.97. The van der Waals surface area contributed by atoms with E-state index in [9.17, 15) is 4.79 Å². The number of rotatable bonds is 7. The molecule has 1 amide bonds. The number of likely N-dealkylation sites (tertiary alicyclic amines) is 1. The van der Waals surface area contributed by atoms with E-state index in [1.54, 1.807) is 0 Å². The fourth-order valence-electron chi connectivity index (χ4n) is 4.10. The summed E-state index contributed by atoms with van der Waals surface area (Å²) in [6, 6.07) is 8.55. The summed E-state index contributed by atoms with van der Waals surface area (Å²) in [6.07, 6.45) is 8.09. The number of nitrogens with one attached hydrogen (secondary N) is 2. The maximum Gasteiger partial charge on any atom is 0.222 e. The summed E-state index contributed by atoms with van der Waals surface area (Å²) < 4.78 is 6.19. The molecule has 7 heteroatoms. The number of amides is 1. The van der Waals surface area contributed by atoms with Crippen LogP contribution in [0.2, 0.25) is 0 Å². The number of carbonyl (C=O) groups is 1. The zero-order valence-corrected chi connectivity index (χ0v) is 20.7. The molecule has 1 aromatic rings. The average Bonchev–Trinajstić information content (AvgIpc) is 3.21. The molecular formula is C23H37IN4O2. The first-order valence-corrected chi connectivity index (χ1v) is 11.3. The number of aliphatic imine (C=N–C) groups is 1. The summed E-state index contributed by atoms with van der Waals surface area (Å²) in [4.78, 5) is 18.6. The molecule has 2 fully saturated rings. The van der Waals surface area contributed by atoms with E-state index >= 15 is 0 Å². The van der Waals surface area contributed by atoms with E-state index in [0.717, 1.165) is 56.2 Å². The number of hydrogen-bond acceptors (Lipinski definition) is 3. The summed E-state index contributed by atoms with van der Waals surface area (Å²) >= 11 is 0. The molecule has 168 valence electrons. The molecule has 1 heterocycles. The third kappa shape index (κ3) is 7.63. The second-order valence-corrected chi connectivity index (χ2v) is 8.04. The van der Waals surface area contributed by atoms with Crippen molar-refractivity contribution < 1.29 is 9.53 Å². The number of guanidine groups is 1. The molecule has 0 bridgehead atoms. The van der Waals surface area contributed by atoms with Gasteiger partial charge in [0.25, 0.3) is 0 Å². The van der Waals surface area contributed by atoms with Crippen molar-refractivity contribution in [2.75, 3.05) is 19.6 Å². The van der Waals surface area contributed by atoms with Crippen LogP contribution >= 0.6 is 24.0 Å². The van der Waals surface area contributed by atoms with E-state index in [0.29, 0.717) is 19.1 Å². The minimum Gasteiger partial charge on any atom is -0.490 e. The fraction of sp³-hybridized carbons (Fsp3) is 0.652. The molecule has 2 aliphatic rings. The van der Waals surface area contributed by atoms with Gasteiger partial charge in [-0.25, -0.2) is 4.99 Å². The Morgan fingerprint density at radius 3 is 2.73 bits per heavy atom. The topological polar surface area (TPSA) is 66.0 Å². The van der Waals surface area contributed by atoms with Crippen molar-refractivity contribution in [1.82, 2.24) is 15.5 Å². The lowest BCUT2D eigenvalue weighted by Crippen LogP contribution is -2.45. The van der Waals surface area contributed by atoms with Crippen LogP contribution in [-0.2, 0) is 11.3 Å². The highest BCUT2D eigenvalue weighted by atomic mass is 127. The molecule has 1 saturated heterocycles. The van der Waals surface area contributed by atoms with Crippen molar-refractivity contribution in [2.24, 2.45) is 4.99 Å². The van der Waals surface area contributed by atoms with Gasteiger partial charge >= 0.3 is 0 Å². The molecule has 1 aliphatic heterocycles. The molecule has 0 radical (unpaired) electrons. The van der Waals surface area contributed by atoms with Crippen LogP contribution in [-0.4, -0.2) is 48.5 Å². The van der Waals surface area contributed by atoms with Gasteiger partial charge < -0.3 is 20.3 Å². The molecule has 1 saturated carbocycles. The third-order valence-corrected chi connectivity index (χ3v) is 5.70. The monoisotopic (exact) mass is 528 g/mol. The van der Waals surface area contributed by atoms with Crippen LogP contribution in [0, 0.1) is 0 Å². The second kappa shape index (κ2) is 13.0. The Hall–Kier alpha value is -1.51. The Morgan fingerprint density at radius 2 is 2.00 bits per heavy atom. The van der Waals surface area contributed by atoms with Gasteiger partial charge in [-0.15, -0.1) is 24.0 Å². The lowest BCUT2D eigenvalue weighted by molar-refractivity contribution is -0.129. The Labute approximate surface area is 198 Å². The van der Waals surface area contributed by atoms with Gasteiger partial charge in [0, 0.05) is 32.1 Å². The highest BCUT2D eigenvalue weighted by Crippen LogP contribution is 2.24. The van der Waals surface area contributed by atoms with E-state index in [1.165, 1.54) is 19.3 Å². The number of benzene rings is 1. The lowest BCUT2D eigenvalue weighted by atomic mass is 9.98. The number of carbonyl (C=O) groups excluding carboxylic acids is 1. The fourth-order valence-corrected chi connectivity index (χ4v) is 4.10. The van der Waals surface area contributed by atoms with Gasteiger partial charge in [0.2, 0.25) is 5.91 Å². The Morgan fingerprint density at radius 1 is 1.20 bits per heavy atom. The molecule has 3 rings (SSSR count).